The van der Waals surface area contributed by atoms with Gasteiger partial charge < -0.3 is 19.7 Å². The molecule has 8 heteroatoms. The van der Waals surface area contributed by atoms with Gasteiger partial charge in [0, 0.05) is 37.1 Å². The molecule has 29 heavy (non-hydrogen) atoms. The number of amides is 2. The number of pyridine rings is 1. The molecule has 150 valence electrons. The summed E-state index contributed by atoms with van der Waals surface area (Å²) in [5.41, 5.74) is 3.48. The number of aromatic nitrogens is 3. The van der Waals surface area contributed by atoms with Gasteiger partial charge in [-0.2, -0.15) is 5.10 Å². The summed E-state index contributed by atoms with van der Waals surface area (Å²) in [4.78, 5) is 18.8. The highest BCUT2D eigenvalue weighted by Gasteiger charge is 2.22. The molecule has 0 saturated heterocycles. The maximum atomic E-state index is 13.0. The van der Waals surface area contributed by atoms with E-state index in [1.807, 2.05) is 22.9 Å². The molecule has 2 amide bonds. The van der Waals surface area contributed by atoms with Crippen LogP contribution in [0.25, 0.3) is 11.3 Å². The van der Waals surface area contributed by atoms with E-state index in [4.69, 9.17) is 14.6 Å². The van der Waals surface area contributed by atoms with Gasteiger partial charge in [0.2, 0.25) is 0 Å². The lowest BCUT2D eigenvalue weighted by molar-refractivity contribution is 0.210. The van der Waals surface area contributed by atoms with E-state index >= 15 is 0 Å². The molecule has 0 unspecified atom stereocenters. The number of rotatable bonds is 4. The summed E-state index contributed by atoms with van der Waals surface area (Å²) >= 11 is 0. The van der Waals surface area contributed by atoms with Crippen molar-refractivity contribution in [2.24, 2.45) is 0 Å². The van der Waals surface area contributed by atoms with Crippen molar-refractivity contribution in [1.29, 1.82) is 0 Å². The molecule has 1 aliphatic heterocycles. The predicted octanol–water partition coefficient (Wildman–Crippen LogP) is 3.40. The third kappa shape index (κ3) is 4.01. The number of nitrogens with one attached hydrogen (secondary N) is 1. The number of hydrogen-bond acceptors (Lipinski definition) is 5. The monoisotopic (exact) mass is 393 g/mol. The van der Waals surface area contributed by atoms with E-state index in [0.29, 0.717) is 30.3 Å². The van der Waals surface area contributed by atoms with Crippen LogP contribution in [0, 0.1) is 0 Å². The molecule has 4 rings (SSSR count). The maximum absolute atomic E-state index is 13.0. The molecule has 0 radical (unpaired) electrons. The zero-order chi connectivity index (χ0) is 20.2. The average Bonchev–Trinajstić information content (AvgIpc) is 3.05. The van der Waals surface area contributed by atoms with Crippen molar-refractivity contribution in [3.63, 3.8) is 0 Å². The minimum absolute atomic E-state index is 0.184. The molecule has 1 N–H and O–H groups in total. The summed E-state index contributed by atoms with van der Waals surface area (Å²) in [6, 6.07) is 11.0. The number of ether oxygens (including phenoxy) is 2. The molecular formula is C21H23N5O3. The Hall–Kier alpha value is -3.55. The fraction of sp³-hybridized carbons (Fsp3) is 0.286. The zero-order valence-electron chi connectivity index (χ0n) is 16.5. The van der Waals surface area contributed by atoms with Gasteiger partial charge >= 0.3 is 6.03 Å². The number of methoxy groups -OCH3 is 2. The first-order valence-corrected chi connectivity index (χ1v) is 9.43. The first kappa shape index (κ1) is 18.8. The summed E-state index contributed by atoms with van der Waals surface area (Å²) in [6.07, 6.45) is 4.33. The van der Waals surface area contributed by atoms with Crippen molar-refractivity contribution < 1.29 is 14.3 Å². The number of anilines is 1. The second kappa shape index (κ2) is 8.22. The van der Waals surface area contributed by atoms with Gasteiger partial charge in [0.15, 0.2) is 0 Å². The summed E-state index contributed by atoms with van der Waals surface area (Å²) in [5, 5.41) is 7.65. The summed E-state index contributed by atoms with van der Waals surface area (Å²) in [5.74, 6) is 1.23. The van der Waals surface area contributed by atoms with Crippen LogP contribution in [0.5, 0.6) is 11.5 Å². The van der Waals surface area contributed by atoms with Gasteiger partial charge in [-0.15, -0.1) is 0 Å². The van der Waals surface area contributed by atoms with E-state index in [2.05, 4.69) is 10.3 Å². The van der Waals surface area contributed by atoms with Crippen LogP contribution in [0.4, 0.5) is 10.5 Å². The molecule has 0 bridgehead atoms. The predicted molar refractivity (Wildman–Crippen MR) is 109 cm³/mol. The maximum Gasteiger partial charge on any atom is 0.322 e. The molecule has 0 spiro atoms. The number of benzene rings is 1. The fourth-order valence-corrected chi connectivity index (χ4v) is 3.41. The number of carbonyl (C=O) groups is 1. The van der Waals surface area contributed by atoms with Crippen LogP contribution in [0.3, 0.4) is 0 Å². The summed E-state index contributed by atoms with van der Waals surface area (Å²) in [7, 11) is 3.16. The Labute approximate surface area is 169 Å². The first-order chi connectivity index (χ1) is 14.2. The van der Waals surface area contributed by atoms with Crippen LogP contribution in [0.15, 0.2) is 48.8 Å². The molecule has 0 fully saturated rings. The molecule has 2 aromatic heterocycles. The Bertz CT molecular complexity index is 1000. The number of aryl methyl sites for hydroxylation is 1. The third-order valence-corrected chi connectivity index (χ3v) is 4.93. The Morgan fingerprint density at radius 2 is 1.90 bits per heavy atom. The number of fused-ring (bicyclic) bond motifs is 1. The lowest BCUT2D eigenvalue weighted by Gasteiger charge is -2.21. The number of nitrogens with zero attached hydrogens (tertiary/aromatic N) is 4. The van der Waals surface area contributed by atoms with E-state index in [0.717, 1.165) is 29.9 Å². The Morgan fingerprint density at radius 1 is 1.07 bits per heavy atom. The quantitative estimate of drug-likeness (QED) is 0.735. The van der Waals surface area contributed by atoms with E-state index in [1.54, 1.807) is 49.7 Å². The van der Waals surface area contributed by atoms with Gasteiger partial charge in [-0.3, -0.25) is 9.67 Å². The van der Waals surface area contributed by atoms with Crippen molar-refractivity contribution in [2.75, 3.05) is 26.1 Å². The molecular weight excluding hydrogens is 370 g/mol. The van der Waals surface area contributed by atoms with Crippen LogP contribution in [-0.2, 0) is 13.1 Å². The highest BCUT2D eigenvalue weighted by Crippen LogP contribution is 2.29. The minimum atomic E-state index is -0.184. The second-order valence-corrected chi connectivity index (χ2v) is 6.75. The van der Waals surface area contributed by atoms with Crippen molar-refractivity contribution >= 4 is 11.7 Å². The van der Waals surface area contributed by atoms with Gasteiger partial charge in [-0.1, -0.05) is 0 Å². The topological polar surface area (TPSA) is 81.5 Å². The fourth-order valence-electron chi connectivity index (χ4n) is 3.41. The molecule has 0 atom stereocenters. The van der Waals surface area contributed by atoms with Crippen molar-refractivity contribution in [3.8, 4) is 22.8 Å². The normalized spacial score (nSPS) is 13.4. The van der Waals surface area contributed by atoms with Crippen LogP contribution >= 0.6 is 0 Å². The lowest BCUT2D eigenvalue weighted by atomic mass is 10.2. The summed E-state index contributed by atoms with van der Waals surface area (Å²) < 4.78 is 12.6. The van der Waals surface area contributed by atoms with Crippen LogP contribution in [-0.4, -0.2) is 46.5 Å². The lowest BCUT2D eigenvalue weighted by Crippen LogP contribution is -2.34. The third-order valence-electron chi connectivity index (χ3n) is 4.93. The number of urea groups is 1. The Morgan fingerprint density at radius 3 is 2.66 bits per heavy atom. The van der Waals surface area contributed by atoms with Crippen molar-refractivity contribution in [1.82, 2.24) is 19.7 Å². The Kier molecular flexibility index (Phi) is 5.33. The van der Waals surface area contributed by atoms with E-state index in [-0.39, 0.29) is 6.03 Å². The molecule has 1 aliphatic rings. The van der Waals surface area contributed by atoms with Gasteiger partial charge in [-0.05, 0) is 36.8 Å². The van der Waals surface area contributed by atoms with E-state index in [9.17, 15) is 4.79 Å². The molecule has 0 aliphatic carbocycles. The number of carbonyl (C=O) groups excluding carboxylic acids is 1. The molecule has 3 heterocycles. The van der Waals surface area contributed by atoms with Crippen LogP contribution < -0.4 is 14.8 Å². The van der Waals surface area contributed by atoms with Crippen LogP contribution in [0.2, 0.25) is 0 Å². The molecule has 8 nitrogen and oxygen atoms in total. The van der Waals surface area contributed by atoms with Gasteiger partial charge in [-0.25, -0.2) is 4.79 Å². The van der Waals surface area contributed by atoms with Crippen molar-refractivity contribution in [2.45, 2.75) is 19.5 Å². The number of hydrogen-bond donors (Lipinski definition) is 1. The van der Waals surface area contributed by atoms with Gasteiger partial charge in [0.05, 0.1) is 37.8 Å². The van der Waals surface area contributed by atoms with Crippen LogP contribution in [0.1, 0.15) is 12.1 Å². The van der Waals surface area contributed by atoms with E-state index in [1.165, 1.54) is 0 Å². The molecule has 0 saturated carbocycles. The largest absolute Gasteiger partial charge is 0.497 e. The Balaban J connectivity index is 1.53. The standard InChI is InChI=1S/C21H23N5O3/c1-28-17-4-5-20(29-2)19(13-17)23-21(27)25-10-3-11-26-16(14-25)12-18(24-26)15-6-8-22-9-7-15/h4-9,12-13H,3,10-11,14H2,1-2H3,(H,23,27). The smallest absolute Gasteiger partial charge is 0.322 e. The van der Waals surface area contributed by atoms with E-state index < -0.39 is 0 Å². The van der Waals surface area contributed by atoms with Gasteiger partial charge in [0.1, 0.15) is 11.5 Å². The first-order valence-electron chi connectivity index (χ1n) is 9.43. The molecule has 1 aromatic carbocycles. The summed E-state index contributed by atoms with van der Waals surface area (Å²) in [6.45, 7) is 1.90. The highest BCUT2D eigenvalue weighted by molar-refractivity contribution is 5.91. The zero-order valence-corrected chi connectivity index (χ0v) is 16.5. The average molecular weight is 393 g/mol. The SMILES string of the molecule is COc1ccc(OC)c(NC(=O)N2CCCn3nc(-c4ccncc4)cc3C2)c1. The van der Waals surface area contributed by atoms with Gasteiger partial charge in [0.25, 0.3) is 0 Å². The molecule has 3 aromatic rings. The van der Waals surface area contributed by atoms with Crippen molar-refractivity contribution in [3.05, 3.63) is 54.5 Å². The highest BCUT2D eigenvalue weighted by atomic mass is 16.5. The minimum Gasteiger partial charge on any atom is -0.497 e. The second-order valence-electron chi connectivity index (χ2n) is 6.75.